The zero-order valence-corrected chi connectivity index (χ0v) is 29.3. The van der Waals surface area contributed by atoms with Gasteiger partial charge in [0.05, 0.1) is 11.5 Å². The topological polar surface area (TPSA) is 117 Å². The van der Waals surface area contributed by atoms with Crippen molar-refractivity contribution in [1.82, 2.24) is 5.32 Å². The van der Waals surface area contributed by atoms with E-state index in [1.807, 2.05) is 54.6 Å². The van der Waals surface area contributed by atoms with Crippen molar-refractivity contribution in [2.24, 2.45) is 0 Å². The average molecular weight is 649 g/mol. The lowest BCUT2D eigenvalue weighted by Crippen LogP contribution is -2.44. The summed E-state index contributed by atoms with van der Waals surface area (Å²) in [6.45, 7) is 16.5. The molecular weight excluding hydrogens is 600 g/mol. The van der Waals surface area contributed by atoms with E-state index in [9.17, 15) is 19.7 Å². The molecule has 1 N–H and O–H groups in total. The minimum atomic E-state index is -1.93. The second-order valence-corrected chi connectivity index (χ2v) is 18.7. The van der Waals surface area contributed by atoms with Crippen molar-refractivity contribution in [3.05, 3.63) is 99.6 Å². The summed E-state index contributed by atoms with van der Waals surface area (Å²) >= 11 is 0. The second kappa shape index (κ2) is 15.4. The van der Waals surface area contributed by atoms with E-state index >= 15 is 0 Å². The summed E-state index contributed by atoms with van der Waals surface area (Å²) < 4.78 is 17.8. The lowest BCUT2D eigenvalue weighted by molar-refractivity contribution is -0.385. The lowest BCUT2D eigenvalue weighted by Gasteiger charge is -2.36. The number of benzene rings is 3. The zero-order valence-electron chi connectivity index (χ0n) is 28.3. The summed E-state index contributed by atoms with van der Waals surface area (Å²) in [6, 6.07) is 20.7. The molecule has 0 spiro atoms. The first-order valence-electron chi connectivity index (χ1n) is 15.7. The van der Waals surface area contributed by atoms with E-state index in [2.05, 4.69) is 39.2 Å². The smallest absolute Gasteiger partial charge is 0.329 e. The Morgan fingerprint density at radius 1 is 0.891 bits per heavy atom. The quantitative estimate of drug-likeness (QED) is 0.0618. The van der Waals surface area contributed by atoms with Crippen LogP contribution in [0.4, 0.5) is 5.69 Å². The Balaban J connectivity index is 1.65. The second-order valence-electron chi connectivity index (χ2n) is 14.0. The van der Waals surface area contributed by atoms with Gasteiger partial charge in [0.15, 0.2) is 5.75 Å². The van der Waals surface area contributed by atoms with Gasteiger partial charge in [-0.15, -0.1) is 0 Å². The van der Waals surface area contributed by atoms with Crippen LogP contribution >= 0.6 is 0 Å². The Morgan fingerprint density at radius 2 is 1.52 bits per heavy atom. The molecule has 10 heteroatoms. The van der Waals surface area contributed by atoms with Crippen molar-refractivity contribution in [3.63, 3.8) is 0 Å². The van der Waals surface area contributed by atoms with Crippen LogP contribution in [-0.4, -0.2) is 43.4 Å². The number of rotatable bonds is 14. The normalized spacial score (nSPS) is 12.6. The Labute approximate surface area is 273 Å². The number of esters is 1. The SMILES string of the molecule is CC(C)(C)OC(=O)[C@H](CCc1ccccc1)NC(=O)c1ccc([N+](=O)[O-])c(OCCCc2ccc(O[Si](C)(C)C(C)(C)C)cc2)c1. The maximum atomic E-state index is 13.3. The van der Waals surface area contributed by atoms with Crippen molar-refractivity contribution in [2.45, 2.75) is 97.0 Å². The van der Waals surface area contributed by atoms with Gasteiger partial charge in [0.25, 0.3) is 5.91 Å². The third-order valence-corrected chi connectivity index (χ3v) is 12.3. The maximum absolute atomic E-state index is 13.3. The molecule has 248 valence electrons. The molecule has 46 heavy (non-hydrogen) atoms. The first kappa shape index (κ1) is 36.3. The number of nitrogens with one attached hydrogen (secondary N) is 1. The summed E-state index contributed by atoms with van der Waals surface area (Å²) in [7, 11) is -1.93. The summed E-state index contributed by atoms with van der Waals surface area (Å²) in [6.07, 6.45) is 2.18. The minimum Gasteiger partial charge on any atom is -0.544 e. The molecule has 0 bridgehead atoms. The summed E-state index contributed by atoms with van der Waals surface area (Å²) in [5.74, 6) is -0.251. The van der Waals surface area contributed by atoms with Crippen LogP contribution < -0.4 is 14.5 Å². The minimum absolute atomic E-state index is 0.00567. The fraction of sp³-hybridized carbons (Fsp3) is 0.444. The number of aryl methyl sites for hydroxylation is 2. The molecule has 0 aliphatic heterocycles. The standard InChI is InChI=1S/C36H48N2O7Si/c1-35(2,3)44-34(40)30(22-18-26-13-10-9-11-14-26)37-33(39)28-19-23-31(38(41)42)32(25-28)43-24-12-15-27-16-20-29(21-17-27)45-46(7,8)36(4,5)6/h9-11,13-14,16-17,19-21,23,25,30H,12,15,18,22,24H2,1-8H3,(H,37,39)/t30-/m0/s1. The Morgan fingerprint density at radius 3 is 2.11 bits per heavy atom. The molecule has 0 aliphatic carbocycles. The number of nitro benzene ring substituents is 1. The zero-order chi connectivity index (χ0) is 34.1. The van der Waals surface area contributed by atoms with E-state index in [0.717, 1.165) is 16.9 Å². The molecular formula is C36H48N2O7Si. The van der Waals surface area contributed by atoms with E-state index in [-0.39, 0.29) is 28.6 Å². The van der Waals surface area contributed by atoms with E-state index in [1.54, 1.807) is 20.8 Å². The molecule has 9 nitrogen and oxygen atoms in total. The summed E-state index contributed by atoms with van der Waals surface area (Å²) in [5, 5.41) is 14.6. The molecule has 0 aliphatic rings. The molecule has 3 aromatic rings. The van der Waals surface area contributed by atoms with Gasteiger partial charge in [-0.05, 0) is 93.9 Å². The Kier molecular flexibility index (Phi) is 12.2. The van der Waals surface area contributed by atoms with E-state index in [0.29, 0.717) is 25.7 Å². The van der Waals surface area contributed by atoms with Crippen molar-refractivity contribution >= 4 is 25.9 Å². The van der Waals surface area contributed by atoms with Crippen LogP contribution in [0.5, 0.6) is 11.5 Å². The molecule has 0 saturated heterocycles. The van der Waals surface area contributed by atoms with Crippen molar-refractivity contribution in [3.8, 4) is 11.5 Å². The summed E-state index contributed by atoms with van der Waals surface area (Å²) in [5.41, 5.74) is 1.29. The molecule has 0 unspecified atom stereocenters. The molecule has 1 atom stereocenters. The highest BCUT2D eigenvalue weighted by Gasteiger charge is 2.39. The summed E-state index contributed by atoms with van der Waals surface area (Å²) in [4.78, 5) is 37.5. The van der Waals surface area contributed by atoms with Crippen LogP contribution in [0.25, 0.3) is 0 Å². The number of nitro groups is 1. The molecule has 0 radical (unpaired) electrons. The van der Waals surface area contributed by atoms with Gasteiger partial charge in [0, 0.05) is 17.7 Å². The number of carbonyl (C=O) groups is 2. The van der Waals surface area contributed by atoms with Crippen LogP contribution in [0.3, 0.4) is 0 Å². The van der Waals surface area contributed by atoms with Gasteiger partial charge < -0.3 is 19.2 Å². The van der Waals surface area contributed by atoms with Gasteiger partial charge >= 0.3 is 11.7 Å². The lowest BCUT2D eigenvalue weighted by atomic mass is 10.0. The number of amides is 1. The molecule has 0 fully saturated rings. The van der Waals surface area contributed by atoms with Gasteiger partial charge in [-0.25, -0.2) is 4.79 Å². The van der Waals surface area contributed by atoms with Crippen LogP contribution in [-0.2, 0) is 22.4 Å². The van der Waals surface area contributed by atoms with Gasteiger partial charge in [-0.2, -0.15) is 0 Å². The van der Waals surface area contributed by atoms with Gasteiger partial charge in [-0.1, -0.05) is 63.2 Å². The predicted octanol–water partition coefficient (Wildman–Crippen LogP) is 8.06. The molecule has 1 amide bonds. The number of nitrogens with zero attached hydrogens (tertiary/aromatic N) is 1. The Bertz CT molecular complexity index is 1480. The average Bonchev–Trinajstić information content (AvgIpc) is 2.96. The van der Waals surface area contributed by atoms with Crippen molar-refractivity contribution in [2.75, 3.05) is 6.61 Å². The first-order valence-corrected chi connectivity index (χ1v) is 18.6. The van der Waals surface area contributed by atoms with Gasteiger partial charge in [0.2, 0.25) is 8.32 Å². The largest absolute Gasteiger partial charge is 0.544 e. The highest BCUT2D eigenvalue weighted by molar-refractivity contribution is 6.74. The molecule has 0 aromatic heterocycles. The van der Waals surface area contributed by atoms with Gasteiger partial charge in [0.1, 0.15) is 17.4 Å². The molecule has 0 heterocycles. The third kappa shape index (κ3) is 11.0. The fourth-order valence-electron chi connectivity index (χ4n) is 4.37. The van der Waals surface area contributed by atoms with E-state index < -0.39 is 36.8 Å². The number of ether oxygens (including phenoxy) is 2. The monoisotopic (exact) mass is 648 g/mol. The predicted molar refractivity (Wildman–Crippen MR) is 183 cm³/mol. The Hall–Kier alpha value is -4.18. The van der Waals surface area contributed by atoms with Crippen molar-refractivity contribution in [1.29, 1.82) is 0 Å². The van der Waals surface area contributed by atoms with E-state index in [1.165, 1.54) is 18.2 Å². The highest BCUT2D eigenvalue weighted by Crippen LogP contribution is 2.37. The van der Waals surface area contributed by atoms with E-state index in [4.69, 9.17) is 13.9 Å². The third-order valence-electron chi connectivity index (χ3n) is 7.95. The molecule has 3 aromatic carbocycles. The molecule has 3 rings (SSSR count). The van der Waals surface area contributed by atoms with Crippen LogP contribution in [0.1, 0.15) is 75.9 Å². The van der Waals surface area contributed by atoms with Crippen LogP contribution in [0.15, 0.2) is 72.8 Å². The number of hydrogen-bond acceptors (Lipinski definition) is 7. The highest BCUT2D eigenvalue weighted by atomic mass is 28.4. The van der Waals surface area contributed by atoms with Crippen molar-refractivity contribution < 1.29 is 28.4 Å². The maximum Gasteiger partial charge on any atom is 0.329 e. The fourth-order valence-corrected chi connectivity index (χ4v) is 5.40. The first-order chi connectivity index (χ1) is 21.4. The van der Waals surface area contributed by atoms with Gasteiger partial charge in [-0.3, -0.25) is 14.9 Å². The number of hydrogen-bond donors (Lipinski definition) is 1. The van der Waals surface area contributed by atoms with Crippen LogP contribution in [0.2, 0.25) is 18.1 Å². The number of carbonyl (C=O) groups excluding carboxylic acids is 2. The molecule has 0 saturated carbocycles. The van der Waals surface area contributed by atoms with Crippen LogP contribution in [0, 0.1) is 10.1 Å².